The van der Waals surface area contributed by atoms with Crippen LogP contribution in [0.4, 0.5) is 0 Å². The van der Waals surface area contributed by atoms with E-state index < -0.39 is 0 Å². The summed E-state index contributed by atoms with van der Waals surface area (Å²) in [5.41, 5.74) is 0.794. The molecule has 1 amide bonds. The van der Waals surface area contributed by atoms with E-state index in [1.54, 1.807) is 11.3 Å². The van der Waals surface area contributed by atoms with Gasteiger partial charge in [-0.3, -0.25) is 4.79 Å². The van der Waals surface area contributed by atoms with Crippen LogP contribution in [0.1, 0.15) is 22.3 Å². The highest BCUT2D eigenvalue weighted by atomic mass is 32.1. The van der Waals surface area contributed by atoms with Gasteiger partial charge in [0.05, 0.1) is 10.6 Å². The van der Waals surface area contributed by atoms with Crippen LogP contribution < -0.4 is 10.6 Å². The first kappa shape index (κ1) is 14.2. The highest BCUT2D eigenvalue weighted by Gasteiger charge is 2.16. The molecule has 6 heteroatoms. The summed E-state index contributed by atoms with van der Waals surface area (Å²) in [6.45, 7) is 4.52. The fourth-order valence-corrected chi connectivity index (χ4v) is 3.32. The largest absolute Gasteiger partial charge is 0.350 e. The predicted molar refractivity (Wildman–Crippen MR) is 81.0 cm³/mol. The van der Waals surface area contributed by atoms with Crippen LogP contribution in [0, 0.1) is 6.92 Å². The van der Waals surface area contributed by atoms with E-state index in [-0.39, 0.29) is 11.9 Å². The van der Waals surface area contributed by atoms with Crippen LogP contribution in [0.25, 0.3) is 9.88 Å². The zero-order valence-corrected chi connectivity index (χ0v) is 12.8. The van der Waals surface area contributed by atoms with Crippen molar-refractivity contribution in [2.24, 2.45) is 0 Å². The number of thiazole rings is 1. The summed E-state index contributed by atoms with van der Waals surface area (Å²) in [5, 5.41) is 8.94. The fourth-order valence-electron chi connectivity index (χ4n) is 1.54. The Bertz CT molecular complexity index is 548. The topological polar surface area (TPSA) is 54.0 Å². The van der Waals surface area contributed by atoms with Gasteiger partial charge in [0.15, 0.2) is 0 Å². The van der Waals surface area contributed by atoms with Crippen LogP contribution in [0.2, 0.25) is 0 Å². The lowest BCUT2D eigenvalue weighted by Gasteiger charge is -2.10. The number of amides is 1. The minimum absolute atomic E-state index is 0.0418. The van der Waals surface area contributed by atoms with Crippen molar-refractivity contribution in [1.82, 2.24) is 15.6 Å². The summed E-state index contributed by atoms with van der Waals surface area (Å²) < 4.78 is 0. The Hall–Kier alpha value is -1.24. The number of carbonyl (C=O) groups is 1. The summed E-state index contributed by atoms with van der Waals surface area (Å²) in [6, 6.07) is 4.27. The zero-order chi connectivity index (χ0) is 13.8. The molecule has 2 aromatic rings. The Balaban J connectivity index is 2.10. The number of hydrogen-bond acceptors (Lipinski definition) is 5. The maximum absolute atomic E-state index is 12.1. The monoisotopic (exact) mass is 295 g/mol. The molecule has 2 aromatic heterocycles. The number of aryl methyl sites for hydroxylation is 1. The first-order valence-electron chi connectivity index (χ1n) is 6.08. The van der Waals surface area contributed by atoms with Crippen LogP contribution in [0.5, 0.6) is 0 Å². The molecular formula is C13H17N3OS2. The molecule has 1 atom stereocenters. The van der Waals surface area contributed by atoms with E-state index >= 15 is 0 Å². The van der Waals surface area contributed by atoms with Crippen LogP contribution in [0.15, 0.2) is 17.5 Å². The quantitative estimate of drug-likeness (QED) is 0.891. The van der Waals surface area contributed by atoms with Crippen molar-refractivity contribution in [2.75, 3.05) is 13.6 Å². The number of nitrogens with one attached hydrogen (secondary N) is 2. The van der Waals surface area contributed by atoms with Crippen molar-refractivity contribution < 1.29 is 4.79 Å². The molecule has 2 rings (SSSR count). The summed E-state index contributed by atoms with van der Waals surface area (Å²) in [4.78, 5) is 18.4. The molecule has 0 saturated heterocycles. The third kappa shape index (κ3) is 3.40. The minimum atomic E-state index is -0.0418. The van der Waals surface area contributed by atoms with Crippen molar-refractivity contribution in [2.45, 2.75) is 19.9 Å². The normalized spacial score (nSPS) is 12.4. The van der Waals surface area contributed by atoms with Crippen molar-refractivity contribution in [3.05, 3.63) is 28.1 Å². The summed E-state index contributed by atoms with van der Waals surface area (Å²) in [6.07, 6.45) is 0. The number of aromatic nitrogens is 1. The van der Waals surface area contributed by atoms with Gasteiger partial charge in [0.2, 0.25) is 0 Å². The first-order valence-corrected chi connectivity index (χ1v) is 7.78. The van der Waals surface area contributed by atoms with Gasteiger partial charge in [0, 0.05) is 12.6 Å². The Kier molecular flexibility index (Phi) is 4.68. The summed E-state index contributed by atoms with van der Waals surface area (Å²) >= 11 is 3.09. The number of hydrogen-bond donors (Lipinski definition) is 2. The molecule has 1 unspecified atom stereocenters. The van der Waals surface area contributed by atoms with E-state index in [0.29, 0.717) is 11.4 Å². The number of thiophene rings is 1. The van der Waals surface area contributed by atoms with Crippen LogP contribution >= 0.6 is 22.7 Å². The number of nitrogens with zero attached hydrogens (tertiary/aromatic N) is 1. The zero-order valence-electron chi connectivity index (χ0n) is 11.2. The van der Waals surface area contributed by atoms with Crippen molar-refractivity contribution in [1.29, 1.82) is 0 Å². The van der Waals surface area contributed by atoms with Crippen LogP contribution in [0.3, 0.4) is 0 Å². The highest BCUT2D eigenvalue weighted by molar-refractivity contribution is 7.22. The second-order valence-corrected chi connectivity index (χ2v) is 6.26. The molecule has 0 saturated carbocycles. The maximum atomic E-state index is 12.1. The van der Waals surface area contributed by atoms with Gasteiger partial charge < -0.3 is 10.6 Å². The third-order valence-corrected chi connectivity index (χ3v) is 4.99. The lowest BCUT2D eigenvalue weighted by molar-refractivity contribution is 0.0954. The maximum Gasteiger partial charge on any atom is 0.263 e. The SMILES string of the molecule is CNC(C)CNC(=O)c1sc(-c2cccs2)nc1C. The van der Waals surface area contributed by atoms with Gasteiger partial charge in [-0.2, -0.15) is 0 Å². The summed E-state index contributed by atoms with van der Waals surface area (Å²) in [5.74, 6) is -0.0418. The van der Waals surface area contributed by atoms with Crippen LogP contribution in [-0.4, -0.2) is 30.5 Å². The van der Waals surface area contributed by atoms with Crippen molar-refractivity contribution in [3.63, 3.8) is 0 Å². The molecule has 19 heavy (non-hydrogen) atoms. The van der Waals surface area contributed by atoms with Crippen molar-refractivity contribution in [3.8, 4) is 9.88 Å². The van der Waals surface area contributed by atoms with E-state index in [9.17, 15) is 4.79 Å². The van der Waals surface area contributed by atoms with Gasteiger partial charge >= 0.3 is 0 Å². The molecule has 0 spiro atoms. The lowest BCUT2D eigenvalue weighted by atomic mass is 10.3. The molecule has 4 nitrogen and oxygen atoms in total. The van der Waals surface area contributed by atoms with E-state index in [1.165, 1.54) is 11.3 Å². The Morgan fingerprint density at radius 2 is 2.32 bits per heavy atom. The molecule has 0 aliphatic rings. The molecule has 0 aliphatic heterocycles. The predicted octanol–water partition coefficient (Wildman–Crippen LogP) is 2.52. The molecule has 102 valence electrons. The Labute approximate surface area is 120 Å². The first-order chi connectivity index (χ1) is 9.11. The van der Waals surface area contributed by atoms with Gasteiger partial charge in [-0.25, -0.2) is 4.98 Å². The Morgan fingerprint density at radius 3 is 2.95 bits per heavy atom. The number of carbonyl (C=O) groups excluding carboxylic acids is 1. The summed E-state index contributed by atoms with van der Waals surface area (Å²) in [7, 11) is 1.88. The minimum Gasteiger partial charge on any atom is -0.350 e. The molecule has 0 radical (unpaired) electrons. The van der Waals surface area contributed by atoms with Crippen molar-refractivity contribution >= 4 is 28.6 Å². The average Bonchev–Trinajstić information content (AvgIpc) is 3.04. The second-order valence-electron chi connectivity index (χ2n) is 4.31. The highest BCUT2D eigenvalue weighted by Crippen LogP contribution is 2.30. The molecular weight excluding hydrogens is 278 g/mol. The van der Waals surface area contributed by atoms with E-state index in [4.69, 9.17) is 0 Å². The van der Waals surface area contributed by atoms with E-state index in [2.05, 4.69) is 15.6 Å². The fraction of sp³-hybridized carbons (Fsp3) is 0.385. The number of rotatable bonds is 5. The standard InChI is InChI=1S/C13H17N3OS2/c1-8(14-3)7-15-12(17)11-9(2)16-13(19-11)10-5-4-6-18-10/h4-6,8,14H,7H2,1-3H3,(H,15,17). The van der Waals surface area contributed by atoms with E-state index in [1.807, 2.05) is 38.4 Å². The Morgan fingerprint density at radius 1 is 1.53 bits per heavy atom. The van der Waals surface area contributed by atoms with Gasteiger partial charge in [0.1, 0.15) is 9.88 Å². The molecule has 0 aliphatic carbocycles. The van der Waals surface area contributed by atoms with Gasteiger partial charge in [-0.05, 0) is 32.3 Å². The molecule has 0 bridgehead atoms. The van der Waals surface area contributed by atoms with Crippen LogP contribution in [-0.2, 0) is 0 Å². The molecule has 2 N–H and O–H groups in total. The van der Waals surface area contributed by atoms with Gasteiger partial charge in [-0.1, -0.05) is 6.07 Å². The second kappa shape index (κ2) is 6.27. The molecule has 0 fully saturated rings. The average molecular weight is 295 g/mol. The van der Waals surface area contributed by atoms with Gasteiger partial charge in [0.25, 0.3) is 5.91 Å². The van der Waals surface area contributed by atoms with Gasteiger partial charge in [-0.15, -0.1) is 22.7 Å². The third-order valence-electron chi connectivity index (χ3n) is 2.80. The smallest absolute Gasteiger partial charge is 0.263 e. The lowest BCUT2D eigenvalue weighted by Crippen LogP contribution is -2.37. The number of likely N-dealkylation sites (N-methyl/N-ethyl adjacent to an activating group) is 1. The van der Waals surface area contributed by atoms with E-state index in [0.717, 1.165) is 15.6 Å². The molecule has 2 heterocycles. The molecule has 0 aromatic carbocycles.